The molecule has 0 radical (unpaired) electrons. The van der Waals surface area contributed by atoms with Crippen LogP contribution in [-0.2, 0) is 26.1 Å². The first kappa shape index (κ1) is 24.1. The Morgan fingerprint density at radius 2 is 1.87 bits per heavy atom. The molecule has 0 fully saturated rings. The lowest BCUT2D eigenvalue weighted by Crippen LogP contribution is -2.35. The second kappa shape index (κ2) is 10.7. The number of methoxy groups -OCH3 is 1. The van der Waals surface area contributed by atoms with Crippen molar-refractivity contribution in [1.29, 1.82) is 0 Å². The molecular formula is C22H26N2O6S. The van der Waals surface area contributed by atoms with Crippen molar-refractivity contribution in [1.82, 2.24) is 9.62 Å². The van der Waals surface area contributed by atoms with Crippen molar-refractivity contribution in [2.45, 2.75) is 24.5 Å². The van der Waals surface area contributed by atoms with Gasteiger partial charge < -0.3 is 14.8 Å². The molecule has 1 N–H and O–H groups in total. The number of sulfonamides is 1. The van der Waals surface area contributed by atoms with Crippen LogP contribution in [0.15, 0.2) is 66.1 Å². The molecule has 0 aliphatic rings. The fraction of sp³-hybridized carbons (Fsp3) is 0.273. The summed E-state index contributed by atoms with van der Waals surface area (Å²) in [6.07, 6.45) is 0.439. The Kier molecular flexibility index (Phi) is 8.35. The Labute approximate surface area is 182 Å². The highest BCUT2D eigenvalue weighted by molar-refractivity contribution is 7.89. The van der Waals surface area contributed by atoms with Crippen LogP contribution in [0.5, 0.6) is 5.75 Å². The number of ether oxygens (including phenoxy) is 2. The van der Waals surface area contributed by atoms with Gasteiger partial charge >= 0.3 is 5.97 Å². The van der Waals surface area contributed by atoms with Gasteiger partial charge in [0.05, 0.1) is 12.7 Å². The molecule has 0 spiro atoms. The van der Waals surface area contributed by atoms with Gasteiger partial charge in [0.15, 0.2) is 6.10 Å². The molecule has 2 rings (SSSR count). The molecule has 0 saturated carbocycles. The maximum Gasteiger partial charge on any atom is 0.338 e. The van der Waals surface area contributed by atoms with Crippen molar-refractivity contribution in [2.75, 3.05) is 20.7 Å². The molecule has 8 nitrogen and oxygen atoms in total. The minimum atomic E-state index is -3.98. The van der Waals surface area contributed by atoms with E-state index in [2.05, 4.69) is 11.9 Å². The minimum Gasteiger partial charge on any atom is -0.495 e. The van der Waals surface area contributed by atoms with Crippen molar-refractivity contribution in [3.05, 3.63) is 72.3 Å². The van der Waals surface area contributed by atoms with Crippen LogP contribution in [0.2, 0.25) is 0 Å². The van der Waals surface area contributed by atoms with Gasteiger partial charge in [0, 0.05) is 20.1 Å². The quantitative estimate of drug-likeness (QED) is 0.444. The van der Waals surface area contributed by atoms with Crippen LogP contribution in [0.25, 0.3) is 0 Å². The Hall–Kier alpha value is -3.17. The monoisotopic (exact) mass is 446 g/mol. The number of rotatable bonds is 10. The number of carbonyl (C=O) groups is 2. The predicted molar refractivity (Wildman–Crippen MR) is 116 cm³/mol. The molecule has 0 heterocycles. The highest BCUT2D eigenvalue weighted by atomic mass is 32.2. The first-order valence-electron chi connectivity index (χ1n) is 9.48. The SMILES string of the molecule is C=CCNC(=O)C(C)OC(=O)c1ccc(OC)c(S(=O)(=O)N(C)Cc2ccccc2)c1. The Bertz CT molecular complexity index is 1040. The van der Waals surface area contributed by atoms with E-state index >= 15 is 0 Å². The average molecular weight is 447 g/mol. The Morgan fingerprint density at radius 3 is 2.48 bits per heavy atom. The van der Waals surface area contributed by atoms with Crippen LogP contribution >= 0.6 is 0 Å². The van der Waals surface area contributed by atoms with Crippen molar-refractivity contribution < 1.29 is 27.5 Å². The molecule has 1 atom stereocenters. The second-order valence-corrected chi connectivity index (χ2v) is 8.71. The predicted octanol–water partition coefficient (Wildman–Crippen LogP) is 2.36. The molecule has 2 aromatic carbocycles. The number of hydrogen-bond donors (Lipinski definition) is 1. The summed E-state index contributed by atoms with van der Waals surface area (Å²) in [5.41, 5.74) is 0.790. The zero-order chi connectivity index (χ0) is 23.0. The third-order valence-electron chi connectivity index (χ3n) is 4.41. The van der Waals surface area contributed by atoms with Crippen LogP contribution in [0.1, 0.15) is 22.8 Å². The van der Waals surface area contributed by atoms with Crippen molar-refractivity contribution in [3.63, 3.8) is 0 Å². The van der Waals surface area contributed by atoms with Gasteiger partial charge in [0.25, 0.3) is 5.91 Å². The van der Waals surface area contributed by atoms with Crippen LogP contribution in [0, 0.1) is 0 Å². The highest BCUT2D eigenvalue weighted by Gasteiger charge is 2.27. The zero-order valence-corrected chi connectivity index (χ0v) is 18.5. The molecular weight excluding hydrogens is 420 g/mol. The summed E-state index contributed by atoms with van der Waals surface area (Å²) in [6, 6.07) is 13.1. The molecule has 2 aromatic rings. The maximum atomic E-state index is 13.2. The average Bonchev–Trinajstić information content (AvgIpc) is 2.77. The number of nitrogens with zero attached hydrogens (tertiary/aromatic N) is 1. The largest absolute Gasteiger partial charge is 0.495 e. The molecule has 0 aromatic heterocycles. The summed E-state index contributed by atoms with van der Waals surface area (Å²) in [6.45, 7) is 5.29. The number of benzene rings is 2. The molecule has 0 aliphatic carbocycles. The van der Waals surface area contributed by atoms with E-state index in [0.29, 0.717) is 0 Å². The number of hydrogen-bond acceptors (Lipinski definition) is 6. The van der Waals surface area contributed by atoms with Crippen molar-refractivity contribution >= 4 is 21.9 Å². The van der Waals surface area contributed by atoms with Gasteiger partial charge in [-0.3, -0.25) is 4.79 Å². The van der Waals surface area contributed by atoms with Crippen molar-refractivity contribution in [2.24, 2.45) is 0 Å². The van der Waals surface area contributed by atoms with E-state index in [1.807, 2.05) is 30.3 Å². The van der Waals surface area contributed by atoms with Crippen LogP contribution < -0.4 is 10.1 Å². The van der Waals surface area contributed by atoms with Crippen LogP contribution in [0.3, 0.4) is 0 Å². The zero-order valence-electron chi connectivity index (χ0n) is 17.7. The molecule has 166 valence electrons. The normalized spacial score (nSPS) is 12.1. The van der Waals surface area contributed by atoms with Gasteiger partial charge in [-0.15, -0.1) is 6.58 Å². The number of nitrogens with one attached hydrogen (secondary N) is 1. The third-order valence-corrected chi connectivity index (χ3v) is 6.23. The van der Waals surface area contributed by atoms with Gasteiger partial charge in [-0.05, 0) is 30.7 Å². The summed E-state index contributed by atoms with van der Waals surface area (Å²) < 4.78 is 37.8. The fourth-order valence-electron chi connectivity index (χ4n) is 2.70. The first-order chi connectivity index (χ1) is 14.7. The summed E-state index contributed by atoms with van der Waals surface area (Å²) in [5, 5.41) is 2.52. The minimum absolute atomic E-state index is 0.0177. The highest BCUT2D eigenvalue weighted by Crippen LogP contribution is 2.28. The number of esters is 1. The van der Waals surface area contributed by atoms with E-state index in [9.17, 15) is 18.0 Å². The van der Waals surface area contributed by atoms with Gasteiger partial charge in [0.2, 0.25) is 10.0 Å². The summed E-state index contributed by atoms with van der Waals surface area (Å²) in [5.74, 6) is -1.23. The molecule has 31 heavy (non-hydrogen) atoms. The van der Waals surface area contributed by atoms with E-state index in [-0.39, 0.29) is 29.3 Å². The van der Waals surface area contributed by atoms with Gasteiger partial charge in [-0.2, -0.15) is 4.31 Å². The second-order valence-electron chi connectivity index (χ2n) is 6.69. The molecule has 0 bridgehead atoms. The van der Waals surface area contributed by atoms with E-state index in [4.69, 9.17) is 9.47 Å². The van der Waals surface area contributed by atoms with E-state index < -0.39 is 28.0 Å². The topological polar surface area (TPSA) is 102 Å². The molecule has 9 heteroatoms. The fourth-order valence-corrected chi connectivity index (χ4v) is 4.03. The lowest BCUT2D eigenvalue weighted by atomic mass is 10.2. The summed E-state index contributed by atoms with van der Waals surface area (Å²) >= 11 is 0. The smallest absolute Gasteiger partial charge is 0.338 e. The number of carbonyl (C=O) groups excluding carboxylic acids is 2. The Morgan fingerprint density at radius 1 is 1.19 bits per heavy atom. The Balaban J connectivity index is 2.27. The summed E-state index contributed by atoms with van der Waals surface area (Å²) in [4.78, 5) is 24.2. The van der Waals surface area contributed by atoms with E-state index in [1.54, 1.807) is 0 Å². The van der Waals surface area contributed by atoms with Gasteiger partial charge in [-0.25, -0.2) is 13.2 Å². The molecule has 0 aliphatic heterocycles. The molecule has 0 saturated heterocycles. The molecule has 1 unspecified atom stereocenters. The summed E-state index contributed by atoms with van der Waals surface area (Å²) in [7, 11) is -1.20. The first-order valence-corrected chi connectivity index (χ1v) is 10.9. The van der Waals surface area contributed by atoms with Crippen LogP contribution in [-0.4, -0.2) is 51.4 Å². The standard InChI is InChI=1S/C22H26N2O6S/c1-5-13-23-21(25)16(2)30-22(26)18-11-12-19(29-4)20(14-18)31(27,28)24(3)15-17-9-7-6-8-10-17/h5-12,14,16H,1,13,15H2,2-4H3,(H,23,25). The van der Waals surface area contributed by atoms with Crippen molar-refractivity contribution in [3.8, 4) is 5.75 Å². The third kappa shape index (κ3) is 6.16. The van der Waals surface area contributed by atoms with E-state index in [1.165, 1.54) is 49.7 Å². The lowest BCUT2D eigenvalue weighted by Gasteiger charge is -2.20. The van der Waals surface area contributed by atoms with Gasteiger partial charge in [0.1, 0.15) is 10.6 Å². The maximum absolute atomic E-state index is 13.2. The lowest BCUT2D eigenvalue weighted by molar-refractivity contribution is -0.128. The van der Waals surface area contributed by atoms with Gasteiger partial charge in [-0.1, -0.05) is 36.4 Å². The number of amides is 1. The van der Waals surface area contributed by atoms with Crippen LogP contribution in [0.4, 0.5) is 0 Å². The van der Waals surface area contributed by atoms with E-state index in [0.717, 1.165) is 5.56 Å². The molecule has 1 amide bonds.